The van der Waals surface area contributed by atoms with E-state index in [-0.39, 0.29) is 0 Å². The molecule has 3 nitrogen and oxygen atoms in total. The van der Waals surface area contributed by atoms with Gasteiger partial charge in [-0.05, 0) is 50.0 Å². The second-order valence-corrected chi connectivity index (χ2v) is 4.82. The smallest absolute Gasteiger partial charge is 0.161 e. The summed E-state index contributed by atoms with van der Waals surface area (Å²) in [6.07, 6.45) is 3.67. The minimum absolute atomic E-state index is 0.738. The van der Waals surface area contributed by atoms with Crippen molar-refractivity contribution in [2.45, 2.75) is 32.7 Å². The topological polar surface area (TPSA) is 21.7 Å². The van der Waals surface area contributed by atoms with Gasteiger partial charge in [0.2, 0.25) is 0 Å². The molecule has 0 amide bonds. The third-order valence-corrected chi connectivity index (χ3v) is 3.29. The highest BCUT2D eigenvalue weighted by atomic mass is 16.5. The average Bonchev–Trinajstić information content (AvgIpc) is 2.90. The Balaban J connectivity index is 2.03. The van der Waals surface area contributed by atoms with Crippen molar-refractivity contribution < 1.29 is 9.47 Å². The minimum atomic E-state index is 0.738. The van der Waals surface area contributed by atoms with Gasteiger partial charge in [-0.1, -0.05) is 13.0 Å². The van der Waals surface area contributed by atoms with Gasteiger partial charge in [-0.2, -0.15) is 0 Å². The molecule has 0 N–H and O–H groups in total. The van der Waals surface area contributed by atoms with Crippen LogP contribution in [0.2, 0.25) is 0 Å². The van der Waals surface area contributed by atoms with Crippen LogP contribution in [0.3, 0.4) is 0 Å². The van der Waals surface area contributed by atoms with Gasteiger partial charge in [0, 0.05) is 6.54 Å². The first-order chi connectivity index (χ1) is 8.83. The molecular formula is C15H23NO2. The number of rotatable bonds is 6. The van der Waals surface area contributed by atoms with E-state index in [1.807, 2.05) is 6.07 Å². The maximum Gasteiger partial charge on any atom is 0.161 e. The van der Waals surface area contributed by atoms with Crippen LogP contribution < -0.4 is 9.47 Å². The van der Waals surface area contributed by atoms with Crippen LogP contribution in [-0.4, -0.2) is 31.7 Å². The van der Waals surface area contributed by atoms with Crippen LogP contribution in [-0.2, 0) is 6.54 Å². The molecule has 1 aliphatic rings. The van der Waals surface area contributed by atoms with Gasteiger partial charge in [0.25, 0.3) is 0 Å². The summed E-state index contributed by atoms with van der Waals surface area (Å²) in [7, 11) is 1.70. The third-order valence-electron chi connectivity index (χ3n) is 3.29. The molecule has 0 spiro atoms. The van der Waals surface area contributed by atoms with Crippen molar-refractivity contribution in [2.24, 2.45) is 0 Å². The lowest BCUT2D eigenvalue weighted by molar-refractivity contribution is 0.292. The highest BCUT2D eigenvalue weighted by molar-refractivity contribution is 5.43. The van der Waals surface area contributed by atoms with Crippen LogP contribution in [0.15, 0.2) is 18.2 Å². The van der Waals surface area contributed by atoms with E-state index in [0.29, 0.717) is 0 Å². The maximum atomic E-state index is 5.66. The zero-order valence-electron chi connectivity index (χ0n) is 11.4. The molecule has 0 saturated carbocycles. The van der Waals surface area contributed by atoms with Gasteiger partial charge in [0.15, 0.2) is 11.5 Å². The highest BCUT2D eigenvalue weighted by Gasteiger charge is 2.13. The molecule has 1 heterocycles. The van der Waals surface area contributed by atoms with Crippen molar-refractivity contribution in [3.8, 4) is 11.5 Å². The van der Waals surface area contributed by atoms with Gasteiger partial charge in [-0.3, -0.25) is 4.90 Å². The summed E-state index contributed by atoms with van der Waals surface area (Å²) in [5.41, 5.74) is 1.30. The Kier molecular flexibility index (Phi) is 4.88. The fraction of sp³-hybridized carbons (Fsp3) is 0.600. The molecule has 1 aromatic rings. The number of nitrogens with zero attached hydrogens (tertiary/aromatic N) is 1. The molecule has 0 unspecified atom stereocenters. The van der Waals surface area contributed by atoms with Crippen LogP contribution in [0.5, 0.6) is 11.5 Å². The Morgan fingerprint density at radius 3 is 2.61 bits per heavy atom. The van der Waals surface area contributed by atoms with E-state index in [0.717, 1.165) is 31.1 Å². The minimum Gasteiger partial charge on any atom is -0.493 e. The third kappa shape index (κ3) is 3.39. The normalized spacial score (nSPS) is 15.9. The molecule has 0 bridgehead atoms. The standard InChI is InChI=1S/C15H23NO2/c1-3-10-18-14-7-6-13(11-15(14)17-2)12-16-8-4-5-9-16/h6-7,11H,3-5,8-10,12H2,1-2H3. The molecule has 100 valence electrons. The molecule has 0 aliphatic carbocycles. The monoisotopic (exact) mass is 249 g/mol. The summed E-state index contributed by atoms with van der Waals surface area (Å²) in [5.74, 6) is 1.70. The summed E-state index contributed by atoms with van der Waals surface area (Å²) < 4.78 is 11.1. The second kappa shape index (κ2) is 6.64. The van der Waals surface area contributed by atoms with E-state index in [1.165, 1.54) is 31.5 Å². The van der Waals surface area contributed by atoms with E-state index in [9.17, 15) is 0 Å². The summed E-state index contributed by atoms with van der Waals surface area (Å²) in [6, 6.07) is 6.27. The fourth-order valence-corrected chi connectivity index (χ4v) is 2.34. The second-order valence-electron chi connectivity index (χ2n) is 4.82. The van der Waals surface area contributed by atoms with Crippen LogP contribution >= 0.6 is 0 Å². The first kappa shape index (κ1) is 13.2. The van der Waals surface area contributed by atoms with Gasteiger partial charge < -0.3 is 9.47 Å². The van der Waals surface area contributed by atoms with Gasteiger partial charge >= 0.3 is 0 Å². The van der Waals surface area contributed by atoms with E-state index in [2.05, 4.69) is 24.0 Å². The zero-order valence-corrected chi connectivity index (χ0v) is 11.4. The lowest BCUT2D eigenvalue weighted by Gasteiger charge is -2.16. The largest absolute Gasteiger partial charge is 0.493 e. The van der Waals surface area contributed by atoms with Gasteiger partial charge in [-0.15, -0.1) is 0 Å². The molecule has 0 atom stereocenters. The molecule has 1 saturated heterocycles. The molecule has 1 aliphatic heterocycles. The summed E-state index contributed by atoms with van der Waals surface area (Å²) in [5, 5.41) is 0. The van der Waals surface area contributed by atoms with Crippen molar-refractivity contribution in [2.75, 3.05) is 26.8 Å². The first-order valence-corrected chi connectivity index (χ1v) is 6.85. The van der Waals surface area contributed by atoms with Crippen molar-refractivity contribution in [1.82, 2.24) is 4.90 Å². The van der Waals surface area contributed by atoms with Crippen molar-refractivity contribution in [3.63, 3.8) is 0 Å². The van der Waals surface area contributed by atoms with E-state index >= 15 is 0 Å². The van der Waals surface area contributed by atoms with Crippen LogP contribution in [0.4, 0.5) is 0 Å². The molecule has 0 radical (unpaired) electrons. The Labute approximate surface area is 110 Å². The highest BCUT2D eigenvalue weighted by Crippen LogP contribution is 2.29. The number of ether oxygens (including phenoxy) is 2. The zero-order chi connectivity index (χ0) is 12.8. The average molecular weight is 249 g/mol. The van der Waals surface area contributed by atoms with Gasteiger partial charge in [-0.25, -0.2) is 0 Å². The Morgan fingerprint density at radius 1 is 1.17 bits per heavy atom. The first-order valence-electron chi connectivity index (χ1n) is 6.85. The number of likely N-dealkylation sites (tertiary alicyclic amines) is 1. The van der Waals surface area contributed by atoms with Crippen LogP contribution in [0, 0.1) is 0 Å². The SMILES string of the molecule is CCCOc1ccc(CN2CCCC2)cc1OC. The lowest BCUT2D eigenvalue weighted by atomic mass is 10.2. The summed E-state index contributed by atoms with van der Waals surface area (Å²) in [6.45, 7) is 6.30. The van der Waals surface area contributed by atoms with E-state index < -0.39 is 0 Å². The quantitative estimate of drug-likeness (QED) is 0.773. The number of methoxy groups -OCH3 is 1. The lowest BCUT2D eigenvalue weighted by Crippen LogP contribution is -2.18. The summed E-state index contributed by atoms with van der Waals surface area (Å²) >= 11 is 0. The van der Waals surface area contributed by atoms with Crippen LogP contribution in [0.1, 0.15) is 31.7 Å². The van der Waals surface area contributed by atoms with Crippen molar-refractivity contribution >= 4 is 0 Å². The molecule has 18 heavy (non-hydrogen) atoms. The van der Waals surface area contributed by atoms with Crippen LogP contribution in [0.25, 0.3) is 0 Å². The van der Waals surface area contributed by atoms with Gasteiger partial charge in [0.1, 0.15) is 0 Å². The van der Waals surface area contributed by atoms with Crippen molar-refractivity contribution in [1.29, 1.82) is 0 Å². The Morgan fingerprint density at radius 2 is 1.94 bits per heavy atom. The molecular weight excluding hydrogens is 226 g/mol. The molecule has 2 rings (SSSR count). The Bertz CT molecular complexity index is 373. The Hall–Kier alpha value is -1.22. The number of hydrogen-bond donors (Lipinski definition) is 0. The molecule has 0 aromatic heterocycles. The van der Waals surface area contributed by atoms with E-state index in [4.69, 9.17) is 9.47 Å². The van der Waals surface area contributed by atoms with Gasteiger partial charge in [0.05, 0.1) is 13.7 Å². The molecule has 1 aromatic carbocycles. The number of hydrogen-bond acceptors (Lipinski definition) is 3. The molecule has 3 heteroatoms. The fourth-order valence-electron chi connectivity index (χ4n) is 2.34. The van der Waals surface area contributed by atoms with Crippen molar-refractivity contribution in [3.05, 3.63) is 23.8 Å². The van der Waals surface area contributed by atoms with E-state index in [1.54, 1.807) is 7.11 Å². The summed E-state index contributed by atoms with van der Waals surface area (Å²) in [4.78, 5) is 2.49. The maximum absolute atomic E-state index is 5.66. The number of benzene rings is 1. The predicted molar refractivity (Wildman–Crippen MR) is 73.3 cm³/mol. The predicted octanol–water partition coefficient (Wildman–Crippen LogP) is 3.08. The molecule has 1 fully saturated rings.